The molecule has 1 aliphatic rings. The van der Waals surface area contributed by atoms with Crippen LogP contribution in [0.1, 0.15) is 75.6 Å². The number of benzene rings is 2. The maximum atomic E-state index is 2.31. The average molecular weight is 268 g/mol. The van der Waals surface area contributed by atoms with Crippen LogP contribution in [-0.2, 0) is 0 Å². The summed E-state index contributed by atoms with van der Waals surface area (Å²) in [5.74, 6) is 1.06. The molecule has 0 heterocycles. The summed E-state index contributed by atoms with van der Waals surface area (Å²) in [5.41, 5.74) is 5.98. The number of hydrogen-bond acceptors (Lipinski definition) is 0. The molecule has 0 fully saturated rings. The lowest BCUT2D eigenvalue weighted by molar-refractivity contribution is 0.771. The Labute approximate surface area is 124 Å². The summed E-state index contributed by atoms with van der Waals surface area (Å²) < 4.78 is 0. The van der Waals surface area contributed by atoms with Gasteiger partial charge < -0.3 is 0 Å². The average Bonchev–Trinajstić information content (AvgIpc) is 2.56. The van der Waals surface area contributed by atoms with Gasteiger partial charge in [0.25, 0.3) is 0 Å². The fourth-order valence-electron chi connectivity index (χ4n) is 2.93. The van der Waals surface area contributed by atoms with Crippen LogP contribution in [0.15, 0.2) is 48.5 Å². The van der Waals surface area contributed by atoms with E-state index in [2.05, 4.69) is 62.4 Å². The molecule has 2 aromatic carbocycles. The van der Waals surface area contributed by atoms with E-state index in [1.54, 1.807) is 0 Å². The van der Waals surface area contributed by atoms with Gasteiger partial charge in [-0.05, 0) is 22.3 Å². The van der Waals surface area contributed by atoms with Crippen molar-refractivity contribution in [1.82, 2.24) is 0 Å². The van der Waals surface area contributed by atoms with Crippen LogP contribution in [0, 0.1) is 0 Å². The fraction of sp³-hybridized carbons (Fsp3) is 0.400. The molecule has 0 bridgehead atoms. The molecule has 0 aliphatic heterocycles. The van der Waals surface area contributed by atoms with Gasteiger partial charge in [0.05, 0.1) is 0 Å². The molecule has 0 heteroatoms. The first-order valence-corrected chi connectivity index (χ1v) is 7.96. The van der Waals surface area contributed by atoms with Gasteiger partial charge >= 0.3 is 0 Å². The second-order valence-corrected chi connectivity index (χ2v) is 4.70. The first-order valence-electron chi connectivity index (χ1n) is 7.96. The molecule has 3 rings (SSSR count). The van der Waals surface area contributed by atoms with E-state index in [1.807, 2.05) is 27.7 Å². The standard InChI is InChI=1S/C16H16.2C2H6/c1-11-13-7-3-5-9-15(13)12(2)16-10-6-4-8-14(11)16;2*1-2/h3-12H,1-2H3;2*1-2H3. The van der Waals surface area contributed by atoms with Crippen molar-refractivity contribution in [1.29, 1.82) is 0 Å². The number of hydrogen-bond donors (Lipinski definition) is 0. The highest BCUT2D eigenvalue weighted by Crippen LogP contribution is 2.42. The van der Waals surface area contributed by atoms with Crippen molar-refractivity contribution in [3.63, 3.8) is 0 Å². The summed E-state index contributed by atoms with van der Waals surface area (Å²) in [6.07, 6.45) is 0. The maximum Gasteiger partial charge on any atom is 0.00669 e. The van der Waals surface area contributed by atoms with Crippen LogP contribution in [-0.4, -0.2) is 0 Å². The van der Waals surface area contributed by atoms with Gasteiger partial charge in [-0.15, -0.1) is 0 Å². The first kappa shape index (κ1) is 16.5. The minimum absolute atomic E-state index is 0.531. The lowest BCUT2D eigenvalue weighted by Crippen LogP contribution is -2.14. The van der Waals surface area contributed by atoms with Crippen LogP contribution in [0.5, 0.6) is 0 Å². The lowest BCUT2D eigenvalue weighted by Gasteiger charge is -2.30. The summed E-state index contributed by atoms with van der Waals surface area (Å²) in [7, 11) is 0. The molecule has 0 spiro atoms. The zero-order chi connectivity index (χ0) is 15.1. The zero-order valence-electron chi connectivity index (χ0n) is 13.8. The molecular weight excluding hydrogens is 240 g/mol. The highest BCUT2D eigenvalue weighted by atomic mass is 14.3. The van der Waals surface area contributed by atoms with Gasteiger partial charge in [-0.2, -0.15) is 0 Å². The predicted molar refractivity (Wildman–Crippen MR) is 90.6 cm³/mol. The SMILES string of the molecule is CC.CC.CC1c2ccccc2C(C)c2ccccc21. The molecule has 0 amide bonds. The molecule has 0 nitrogen and oxygen atoms in total. The molecule has 108 valence electrons. The second kappa shape index (κ2) is 7.89. The van der Waals surface area contributed by atoms with E-state index in [9.17, 15) is 0 Å². The Kier molecular flexibility index (Phi) is 6.51. The number of rotatable bonds is 0. The van der Waals surface area contributed by atoms with Crippen molar-refractivity contribution in [2.75, 3.05) is 0 Å². The van der Waals surface area contributed by atoms with Gasteiger partial charge in [0, 0.05) is 11.8 Å². The van der Waals surface area contributed by atoms with Crippen LogP contribution < -0.4 is 0 Å². The van der Waals surface area contributed by atoms with E-state index in [1.165, 1.54) is 22.3 Å². The summed E-state index contributed by atoms with van der Waals surface area (Å²) in [5, 5.41) is 0. The van der Waals surface area contributed by atoms with E-state index in [-0.39, 0.29) is 0 Å². The Morgan fingerprint density at radius 3 is 0.900 bits per heavy atom. The van der Waals surface area contributed by atoms with Crippen molar-refractivity contribution < 1.29 is 0 Å². The van der Waals surface area contributed by atoms with Crippen molar-refractivity contribution in [3.8, 4) is 0 Å². The first-order chi connectivity index (χ1) is 9.79. The van der Waals surface area contributed by atoms with Crippen LogP contribution in [0.25, 0.3) is 0 Å². The topological polar surface area (TPSA) is 0 Å². The molecule has 1 aliphatic carbocycles. The van der Waals surface area contributed by atoms with E-state index >= 15 is 0 Å². The van der Waals surface area contributed by atoms with Gasteiger partial charge in [0.1, 0.15) is 0 Å². The Morgan fingerprint density at radius 1 is 0.500 bits per heavy atom. The lowest BCUT2D eigenvalue weighted by atomic mass is 9.74. The molecule has 0 aromatic heterocycles. The van der Waals surface area contributed by atoms with Gasteiger partial charge in [-0.3, -0.25) is 0 Å². The zero-order valence-corrected chi connectivity index (χ0v) is 13.8. The monoisotopic (exact) mass is 268 g/mol. The molecule has 2 aromatic rings. The summed E-state index contributed by atoms with van der Waals surface area (Å²) >= 11 is 0. The minimum Gasteiger partial charge on any atom is -0.0683 e. The van der Waals surface area contributed by atoms with E-state index in [0.29, 0.717) is 11.8 Å². The van der Waals surface area contributed by atoms with E-state index in [4.69, 9.17) is 0 Å². The third kappa shape index (κ3) is 2.95. The van der Waals surface area contributed by atoms with Crippen molar-refractivity contribution in [2.24, 2.45) is 0 Å². The smallest absolute Gasteiger partial charge is 0.00669 e. The summed E-state index contributed by atoms with van der Waals surface area (Å²) in [4.78, 5) is 0. The Hall–Kier alpha value is -1.56. The molecule has 0 atom stereocenters. The highest BCUT2D eigenvalue weighted by Gasteiger charge is 2.26. The summed E-state index contributed by atoms with van der Waals surface area (Å²) in [6.45, 7) is 12.6. The molecule has 0 unspecified atom stereocenters. The Morgan fingerprint density at radius 2 is 0.700 bits per heavy atom. The third-order valence-electron chi connectivity index (χ3n) is 3.86. The fourth-order valence-corrected chi connectivity index (χ4v) is 2.93. The van der Waals surface area contributed by atoms with Crippen molar-refractivity contribution in [2.45, 2.75) is 53.4 Å². The van der Waals surface area contributed by atoms with Crippen molar-refractivity contribution >= 4 is 0 Å². The van der Waals surface area contributed by atoms with E-state index < -0.39 is 0 Å². The number of fused-ring (bicyclic) bond motifs is 2. The van der Waals surface area contributed by atoms with Gasteiger partial charge in [0.2, 0.25) is 0 Å². The molecule has 20 heavy (non-hydrogen) atoms. The van der Waals surface area contributed by atoms with Crippen molar-refractivity contribution in [3.05, 3.63) is 70.8 Å². The van der Waals surface area contributed by atoms with Gasteiger partial charge in [0.15, 0.2) is 0 Å². The van der Waals surface area contributed by atoms with Crippen LogP contribution in [0.3, 0.4) is 0 Å². The molecule has 0 radical (unpaired) electrons. The third-order valence-corrected chi connectivity index (χ3v) is 3.86. The molecule has 0 saturated carbocycles. The largest absolute Gasteiger partial charge is 0.0683 e. The highest BCUT2D eigenvalue weighted by molar-refractivity contribution is 5.51. The quantitative estimate of drug-likeness (QED) is 0.522. The van der Waals surface area contributed by atoms with Gasteiger partial charge in [-0.25, -0.2) is 0 Å². The normalized spacial score (nSPS) is 18.5. The maximum absolute atomic E-state index is 2.31. The molecule has 0 saturated heterocycles. The Bertz CT molecular complexity index is 430. The van der Waals surface area contributed by atoms with Crippen LogP contribution >= 0.6 is 0 Å². The second-order valence-electron chi connectivity index (χ2n) is 4.70. The predicted octanol–water partition coefficient (Wildman–Crippen LogP) is 6.36. The van der Waals surface area contributed by atoms with E-state index in [0.717, 1.165) is 0 Å². The van der Waals surface area contributed by atoms with Crippen LogP contribution in [0.2, 0.25) is 0 Å². The minimum atomic E-state index is 0.531. The molecule has 0 N–H and O–H groups in total. The van der Waals surface area contributed by atoms with Gasteiger partial charge in [-0.1, -0.05) is 90.1 Å². The molecular formula is C20H28. The Balaban J connectivity index is 0.000000461. The summed E-state index contributed by atoms with van der Waals surface area (Å²) in [6, 6.07) is 17.7. The van der Waals surface area contributed by atoms with Crippen LogP contribution in [0.4, 0.5) is 0 Å².